The molecule has 0 amide bonds. The van der Waals surface area contributed by atoms with Crippen LogP contribution in [0.15, 0.2) is 52.4 Å². The standard InChI is InChI=1S/C13H14N2O3S/c1-18-11-3-2-4-12(7-11)19(16,17)13-6-5-10(8-14)15-9-13/h2-7,9H,8,14H2,1H3. The van der Waals surface area contributed by atoms with Crippen LogP contribution in [-0.4, -0.2) is 20.5 Å². The third kappa shape index (κ3) is 2.74. The molecule has 0 aliphatic heterocycles. The average molecular weight is 278 g/mol. The molecule has 1 heterocycles. The number of rotatable bonds is 4. The van der Waals surface area contributed by atoms with Gasteiger partial charge in [0.15, 0.2) is 0 Å². The fourth-order valence-corrected chi connectivity index (χ4v) is 2.83. The second kappa shape index (κ2) is 5.38. The first-order valence-electron chi connectivity index (χ1n) is 5.62. The second-order valence-electron chi connectivity index (χ2n) is 3.87. The summed E-state index contributed by atoms with van der Waals surface area (Å²) < 4.78 is 29.8. The second-order valence-corrected chi connectivity index (χ2v) is 5.82. The molecule has 2 aromatic rings. The van der Waals surface area contributed by atoms with Gasteiger partial charge in [0.2, 0.25) is 9.84 Å². The predicted octanol–water partition coefficient (Wildman–Crippen LogP) is 1.38. The van der Waals surface area contributed by atoms with Crippen LogP contribution in [0.3, 0.4) is 0 Å². The van der Waals surface area contributed by atoms with Crippen molar-refractivity contribution in [1.82, 2.24) is 4.98 Å². The summed E-state index contributed by atoms with van der Waals surface area (Å²) in [4.78, 5) is 4.31. The van der Waals surface area contributed by atoms with Crippen molar-refractivity contribution in [2.45, 2.75) is 16.3 Å². The Labute approximate surface area is 112 Å². The first kappa shape index (κ1) is 13.5. The van der Waals surface area contributed by atoms with Crippen LogP contribution in [0.4, 0.5) is 0 Å². The van der Waals surface area contributed by atoms with E-state index in [2.05, 4.69) is 4.98 Å². The fourth-order valence-electron chi connectivity index (χ4n) is 1.60. The van der Waals surface area contributed by atoms with E-state index in [-0.39, 0.29) is 16.3 Å². The highest BCUT2D eigenvalue weighted by atomic mass is 32.2. The van der Waals surface area contributed by atoms with Crippen molar-refractivity contribution < 1.29 is 13.2 Å². The molecule has 0 radical (unpaired) electrons. The highest BCUT2D eigenvalue weighted by molar-refractivity contribution is 7.91. The molecule has 2 N–H and O–H groups in total. The van der Waals surface area contributed by atoms with Gasteiger partial charge >= 0.3 is 0 Å². The highest BCUT2D eigenvalue weighted by Gasteiger charge is 2.18. The number of hydrogen-bond acceptors (Lipinski definition) is 5. The van der Waals surface area contributed by atoms with Gasteiger partial charge in [0, 0.05) is 12.7 Å². The molecule has 0 aliphatic carbocycles. The Balaban J connectivity index is 2.45. The molecular formula is C13H14N2O3S. The lowest BCUT2D eigenvalue weighted by Gasteiger charge is -2.06. The molecule has 100 valence electrons. The number of nitrogens with two attached hydrogens (primary N) is 1. The van der Waals surface area contributed by atoms with Crippen molar-refractivity contribution in [1.29, 1.82) is 0 Å². The summed E-state index contributed by atoms with van der Waals surface area (Å²) in [6.07, 6.45) is 1.32. The highest BCUT2D eigenvalue weighted by Crippen LogP contribution is 2.23. The zero-order valence-electron chi connectivity index (χ0n) is 10.4. The molecule has 1 aromatic carbocycles. The van der Waals surface area contributed by atoms with Crippen LogP contribution < -0.4 is 10.5 Å². The minimum atomic E-state index is -3.58. The van der Waals surface area contributed by atoms with Crippen LogP contribution in [0.1, 0.15) is 5.69 Å². The van der Waals surface area contributed by atoms with Gasteiger partial charge in [-0.1, -0.05) is 6.07 Å². The minimum absolute atomic E-state index is 0.137. The van der Waals surface area contributed by atoms with Crippen molar-refractivity contribution in [3.8, 4) is 5.75 Å². The van der Waals surface area contributed by atoms with E-state index in [1.54, 1.807) is 18.2 Å². The Morgan fingerprint density at radius 1 is 1.21 bits per heavy atom. The molecule has 19 heavy (non-hydrogen) atoms. The Hall–Kier alpha value is -1.92. The van der Waals surface area contributed by atoms with Gasteiger partial charge in [0.05, 0.1) is 22.6 Å². The predicted molar refractivity (Wildman–Crippen MR) is 70.6 cm³/mol. The van der Waals surface area contributed by atoms with E-state index in [4.69, 9.17) is 10.5 Å². The van der Waals surface area contributed by atoms with Crippen molar-refractivity contribution in [3.05, 3.63) is 48.3 Å². The maximum Gasteiger partial charge on any atom is 0.208 e. The quantitative estimate of drug-likeness (QED) is 0.913. The van der Waals surface area contributed by atoms with E-state index < -0.39 is 9.84 Å². The molecule has 0 saturated carbocycles. The molecule has 2 rings (SSSR count). The number of aromatic nitrogens is 1. The van der Waals surface area contributed by atoms with Crippen molar-refractivity contribution >= 4 is 9.84 Å². The topological polar surface area (TPSA) is 82.3 Å². The summed E-state index contributed by atoms with van der Waals surface area (Å²) in [5, 5.41) is 0. The molecule has 0 fully saturated rings. The number of hydrogen-bond donors (Lipinski definition) is 1. The summed E-state index contributed by atoms with van der Waals surface area (Å²) >= 11 is 0. The van der Waals surface area contributed by atoms with Crippen LogP contribution in [0.2, 0.25) is 0 Å². The first-order valence-corrected chi connectivity index (χ1v) is 7.10. The lowest BCUT2D eigenvalue weighted by molar-refractivity contribution is 0.413. The lowest BCUT2D eigenvalue weighted by atomic mass is 10.3. The number of pyridine rings is 1. The van der Waals surface area contributed by atoms with Gasteiger partial charge in [-0.15, -0.1) is 0 Å². The van der Waals surface area contributed by atoms with Crippen LogP contribution >= 0.6 is 0 Å². The third-order valence-corrected chi connectivity index (χ3v) is 4.41. The molecule has 0 aliphatic rings. The Morgan fingerprint density at radius 2 is 2.00 bits per heavy atom. The van der Waals surface area contributed by atoms with Gasteiger partial charge in [0.25, 0.3) is 0 Å². The van der Waals surface area contributed by atoms with Gasteiger partial charge in [-0.25, -0.2) is 8.42 Å². The number of sulfone groups is 1. The van der Waals surface area contributed by atoms with Crippen molar-refractivity contribution in [2.75, 3.05) is 7.11 Å². The molecule has 0 spiro atoms. The van der Waals surface area contributed by atoms with E-state index in [0.29, 0.717) is 11.4 Å². The summed E-state index contributed by atoms with van der Waals surface area (Å²) in [6, 6.07) is 9.43. The van der Waals surface area contributed by atoms with Crippen LogP contribution in [0.25, 0.3) is 0 Å². The summed E-state index contributed by atoms with van der Waals surface area (Å²) in [7, 11) is -2.09. The van der Waals surface area contributed by atoms with Gasteiger partial charge in [0.1, 0.15) is 5.75 Å². The van der Waals surface area contributed by atoms with Crippen molar-refractivity contribution in [2.24, 2.45) is 5.73 Å². The monoisotopic (exact) mass is 278 g/mol. The van der Waals surface area contributed by atoms with Gasteiger partial charge in [-0.3, -0.25) is 4.98 Å². The third-order valence-electron chi connectivity index (χ3n) is 2.67. The number of ether oxygens (including phenoxy) is 1. The minimum Gasteiger partial charge on any atom is -0.497 e. The smallest absolute Gasteiger partial charge is 0.208 e. The average Bonchev–Trinajstić information content (AvgIpc) is 2.47. The van der Waals surface area contributed by atoms with Crippen LogP contribution in [0, 0.1) is 0 Å². The molecule has 1 aromatic heterocycles. The Kier molecular flexibility index (Phi) is 3.82. The fraction of sp³-hybridized carbons (Fsp3) is 0.154. The number of benzene rings is 1. The Bertz CT molecular complexity index is 667. The molecule has 5 nitrogen and oxygen atoms in total. The molecule has 6 heteroatoms. The molecule has 0 saturated heterocycles. The van der Waals surface area contributed by atoms with E-state index in [9.17, 15) is 8.42 Å². The summed E-state index contributed by atoms with van der Waals surface area (Å²) in [6.45, 7) is 0.277. The lowest BCUT2D eigenvalue weighted by Crippen LogP contribution is -2.05. The van der Waals surface area contributed by atoms with Gasteiger partial charge < -0.3 is 10.5 Å². The van der Waals surface area contributed by atoms with Gasteiger partial charge in [-0.05, 0) is 30.3 Å². The number of methoxy groups -OCH3 is 1. The maximum absolute atomic E-state index is 12.4. The van der Waals surface area contributed by atoms with E-state index in [1.165, 1.54) is 31.5 Å². The SMILES string of the molecule is COc1cccc(S(=O)(=O)c2ccc(CN)nc2)c1. The normalized spacial score (nSPS) is 11.3. The Morgan fingerprint density at radius 3 is 2.58 bits per heavy atom. The molecular weight excluding hydrogens is 264 g/mol. The van der Waals surface area contributed by atoms with Crippen LogP contribution in [0.5, 0.6) is 5.75 Å². The first-order chi connectivity index (χ1) is 9.07. The maximum atomic E-state index is 12.4. The zero-order chi connectivity index (χ0) is 13.9. The van der Waals surface area contributed by atoms with Crippen molar-refractivity contribution in [3.63, 3.8) is 0 Å². The van der Waals surface area contributed by atoms with E-state index >= 15 is 0 Å². The molecule has 0 bridgehead atoms. The largest absolute Gasteiger partial charge is 0.497 e. The number of nitrogens with zero attached hydrogens (tertiary/aromatic N) is 1. The summed E-state index contributed by atoms with van der Waals surface area (Å²) in [5.41, 5.74) is 6.07. The molecule has 0 unspecified atom stereocenters. The molecule has 0 atom stereocenters. The summed E-state index contributed by atoms with van der Waals surface area (Å²) in [5.74, 6) is 0.493. The van der Waals surface area contributed by atoms with Gasteiger partial charge in [-0.2, -0.15) is 0 Å². The zero-order valence-corrected chi connectivity index (χ0v) is 11.2. The van der Waals surface area contributed by atoms with Crippen LogP contribution in [-0.2, 0) is 16.4 Å². The van der Waals surface area contributed by atoms with E-state index in [0.717, 1.165) is 0 Å². The van der Waals surface area contributed by atoms with E-state index in [1.807, 2.05) is 0 Å².